The highest BCUT2D eigenvalue weighted by Gasteiger charge is 2.52. The molecule has 106 valence electrons. The minimum Gasteiger partial charge on any atom is -0.489 e. The van der Waals surface area contributed by atoms with E-state index in [0.29, 0.717) is 12.0 Å². The molecule has 1 fully saturated rings. The fourth-order valence-electron chi connectivity index (χ4n) is 3.39. The second kappa shape index (κ2) is 5.54. The molecule has 0 aromatic heterocycles. The lowest BCUT2D eigenvalue weighted by molar-refractivity contribution is -0.0727. The fraction of sp³-hybridized carbons (Fsp3) is 0.647. The second-order valence-electron chi connectivity index (χ2n) is 6.08. The molecule has 0 radical (unpaired) electrons. The SMILES string of the molecule is CCC1(CC)C(N)CC1Oc1ccccc1C(C)C. The van der Waals surface area contributed by atoms with Crippen molar-refractivity contribution >= 4 is 0 Å². The number of nitrogens with two attached hydrogens (primary N) is 1. The van der Waals surface area contributed by atoms with Crippen LogP contribution in [-0.4, -0.2) is 12.1 Å². The second-order valence-corrected chi connectivity index (χ2v) is 6.08. The van der Waals surface area contributed by atoms with Gasteiger partial charge in [0.2, 0.25) is 0 Å². The maximum atomic E-state index is 6.33. The van der Waals surface area contributed by atoms with Crippen molar-refractivity contribution in [2.45, 2.75) is 65.0 Å². The Bertz CT molecular complexity index is 423. The molecule has 1 aliphatic carbocycles. The van der Waals surface area contributed by atoms with E-state index in [2.05, 4.69) is 52.0 Å². The topological polar surface area (TPSA) is 35.2 Å². The first-order chi connectivity index (χ1) is 9.05. The molecule has 0 aliphatic heterocycles. The Morgan fingerprint density at radius 1 is 1.26 bits per heavy atom. The van der Waals surface area contributed by atoms with Crippen LogP contribution in [0.5, 0.6) is 5.75 Å². The van der Waals surface area contributed by atoms with E-state index in [9.17, 15) is 0 Å². The van der Waals surface area contributed by atoms with Gasteiger partial charge in [0.05, 0.1) is 0 Å². The van der Waals surface area contributed by atoms with Crippen molar-refractivity contribution < 1.29 is 4.74 Å². The number of rotatable bonds is 5. The van der Waals surface area contributed by atoms with Gasteiger partial charge < -0.3 is 10.5 Å². The van der Waals surface area contributed by atoms with Crippen LogP contribution < -0.4 is 10.5 Å². The van der Waals surface area contributed by atoms with Crippen LogP contribution in [0.25, 0.3) is 0 Å². The lowest BCUT2D eigenvalue weighted by atomic mass is 9.59. The first kappa shape index (κ1) is 14.4. The Morgan fingerprint density at radius 2 is 1.89 bits per heavy atom. The third kappa shape index (κ3) is 2.38. The molecule has 0 heterocycles. The molecule has 0 bridgehead atoms. The molecular formula is C17H27NO. The average Bonchev–Trinajstić information content (AvgIpc) is 2.40. The van der Waals surface area contributed by atoms with E-state index in [1.807, 2.05) is 0 Å². The van der Waals surface area contributed by atoms with Gasteiger partial charge in [-0.15, -0.1) is 0 Å². The van der Waals surface area contributed by atoms with E-state index in [-0.39, 0.29) is 11.5 Å². The highest BCUT2D eigenvalue weighted by molar-refractivity contribution is 5.36. The first-order valence-corrected chi connectivity index (χ1v) is 7.56. The zero-order valence-electron chi connectivity index (χ0n) is 12.6. The van der Waals surface area contributed by atoms with Crippen LogP contribution in [0.2, 0.25) is 0 Å². The van der Waals surface area contributed by atoms with Gasteiger partial charge in [0.25, 0.3) is 0 Å². The van der Waals surface area contributed by atoms with E-state index >= 15 is 0 Å². The Labute approximate surface area is 117 Å². The summed E-state index contributed by atoms with van der Waals surface area (Å²) in [5, 5.41) is 0. The van der Waals surface area contributed by atoms with E-state index in [4.69, 9.17) is 10.5 Å². The molecule has 2 nitrogen and oxygen atoms in total. The van der Waals surface area contributed by atoms with Gasteiger partial charge >= 0.3 is 0 Å². The van der Waals surface area contributed by atoms with Crippen molar-refractivity contribution in [2.75, 3.05) is 0 Å². The quantitative estimate of drug-likeness (QED) is 0.866. The Kier molecular flexibility index (Phi) is 4.19. The summed E-state index contributed by atoms with van der Waals surface area (Å²) >= 11 is 0. The molecule has 19 heavy (non-hydrogen) atoms. The van der Waals surface area contributed by atoms with Gasteiger partial charge in [0, 0.05) is 17.9 Å². The summed E-state index contributed by atoms with van der Waals surface area (Å²) in [4.78, 5) is 0. The first-order valence-electron chi connectivity index (χ1n) is 7.56. The largest absolute Gasteiger partial charge is 0.489 e. The maximum absolute atomic E-state index is 6.33. The lowest BCUT2D eigenvalue weighted by Crippen LogP contribution is -2.63. The number of hydrogen-bond donors (Lipinski definition) is 1. The molecule has 2 rings (SSSR count). The monoisotopic (exact) mass is 261 g/mol. The van der Waals surface area contributed by atoms with Gasteiger partial charge in [0.15, 0.2) is 0 Å². The molecule has 2 atom stereocenters. The van der Waals surface area contributed by atoms with Crippen LogP contribution >= 0.6 is 0 Å². The summed E-state index contributed by atoms with van der Waals surface area (Å²) < 4.78 is 6.33. The third-order valence-electron chi connectivity index (χ3n) is 4.97. The molecule has 1 aromatic carbocycles. The lowest BCUT2D eigenvalue weighted by Gasteiger charge is -2.53. The third-order valence-corrected chi connectivity index (χ3v) is 4.97. The van der Waals surface area contributed by atoms with E-state index in [0.717, 1.165) is 25.0 Å². The fourth-order valence-corrected chi connectivity index (χ4v) is 3.39. The smallest absolute Gasteiger partial charge is 0.123 e. The van der Waals surface area contributed by atoms with Gasteiger partial charge in [-0.3, -0.25) is 0 Å². The van der Waals surface area contributed by atoms with Crippen LogP contribution in [0.3, 0.4) is 0 Å². The van der Waals surface area contributed by atoms with E-state index in [1.54, 1.807) is 0 Å². The highest BCUT2D eigenvalue weighted by atomic mass is 16.5. The van der Waals surface area contributed by atoms with Crippen molar-refractivity contribution in [1.29, 1.82) is 0 Å². The van der Waals surface area contributed by atoms with E-state index < -0.39 is 0 Å². The standard InChI is InChI=1S/C17H27NO/c1-5-17(6-2)15(18)11-16(17)19-14-10-8-7-9-13(14)12(3)4/h7-10,12,15-16H,5-6,11,18H2,1-4H3. The summed E-state index contributed by atoms with van der Waals surface area (Å²) in [7, 11) is 0. The number of para-hydroxylation sites is 1. The molecule has 1 saturated carbocycles. The molecule has 2 heteroatoms. The Morgan fingerprint density at radius 3 is 2.42 bits per heavy atom. The van der Waals surface area contributed by atoms with Gasteiger partial charge in [0.1, 0.15) is 11.9 Å². The molecule has 2 N–H and O–H groups in total. The van der Waals surface area contributed by atoms with Crippen molar-refractivity contribution in [3.63, 3.8) is 0 Å². The number of benzene rings is 1. The predicted octanol–water partition coefficient (Wildman–Crippen LogP) is 4.09. The van der Waals surface area contributed by atoms with Crippen LogP contribution in [0.15, 0.2) is 24.3 Å². The zero-order valence-corrected chi connectivity index (χ0v) is 12.6. The van der Waals surface area contributed by atoms with Crippen LogP contribution in [0.4, 0.5) is 0 Å². The van der Waals surface area contributed by atoms with Crippen LogP contribution in [0.1, 0.15) is 58.4 Å². The molecule has 0 saturated heterocycles. The van der Waals surface area contributed by atoms with Gasteiger partial charge in [-0.25, -0.2) is 0 Å². The molecule has 2 unspecified atom stereocenters. The van der Waals surface area contributed by atoms with Crippen LogP contribution in [-0.2, 0) is 0 Å². The van der Waals surface area contributed by atoms with Crippen molar-refractivity contribution in [3.05, 3.63) is 29.8 Å². The Balaban J connectivity index is 2.19. The summed E-state index contributed by atoms with van der Waals surface area (Å²) in [6, 6.07) is 8.69. The minimum absolute atomic E-state index is 0.171. The summed E-state index contributed by atoms with van der Waals surface area (Å²) in [6.07, 6.45) is 3.45. The zero-order chi connectivity index (χ0) is 14.0. The normalized spacial score (nSPS) is 25.2. The van der Waals surface area contributed by atoms with E-state index in [1.165, 1.54) is 5.56 Å². The van der Waals surface area contributed by atoms with Gasteiger partial charge in [-0.05, 0) is 30.4 Å². The molecule has 0 amide bonds. The van der Waals surface area contributed by atoms with Gasteiger partial charge in [-0.1, -0.05) is 45.9 Å². The molecular weight excluding hydrogens is 234 g/mol. The summed E-state index contributed by atoms with van der Waals surface area (Å²) in [5.74, 6) is 1.53. The number of ether oxygens (including phenoxy) is 1. The summed E-state index contributed by atoms with van der Waals surface area (Å²) in [5.41, 5.74) is 7.71. The van der Waals surface area contributed by atoms with Crippen molar-refractivity contribution in [2.24, 2.45) is 11.1 Å². The van der Waals surface area contributed by atoms with Crippen molar-refractivity contribution in [3.8, 4) is 5.75 Å². The van der Waals surface area contributed by atoms with Gasteiger partial charge in [-0.2, -0.15) is 0 Å². The Hall–Kier alpha value is -1.02. The summed E-state index contributed by atoms with van der Waals surface area (Å²) in [6.45, 7) is 8.88. The molecule has 0 spiro atoms. The molecule has 1 aromatic rings. The van der Waals surface area contributed by atoms with Crippen molar-refractivity contribution in [1.82, 2.24) is 0 Å². The minimum atomic E-state index is 0.171. The van der Waals surface area contributed by atoms with Crippen LogP contribution in [0, 0.1) is 5.41 Å². The maximum Gasteiger partial charge on any atom is 0.123 e. The predicted molar refractivity (Wildman–Crippen MR) is 80.6 cm³/mol. The number of hydrogen-bond acceptors (Lipinski definition) is 2. The molecule has 1 aliphatic rings. The highest BCUT2D eigenvalue weighted by Crippen LogP contribution is 2.48. The average molecular weight is 261 g/mol.